The summed E-state index contributed by atoms with van der Waals surface area (Å²) in [6, 6.07) is 4.02. The van der Waals surface area contributed by atoms with Crippen molar-refractivity contribution in [3.63, 3.8) is 0 Å². The predicted molar refractivity (Wildman–Crippen MR) is 80.4 cm³/mol. The molecule has 2 aliphatic rings. The van der Waals surface area contributed by atoms with Crippen LogP contribution >= 0.6 is 15.9 Å². The first-order valence-electron chi connectivity index (χ1n) is 6.74. The third-order valence-corrected chi connectivity index (χ3v) is 4.74. The van der Waals surface area contributed by atoms with Crippen LogP contribution in [0.2, 0.25) is 0 Å². The van der Waals surface area contributed by atoms with Gasteiger partial charge in [0, 0.05) is 28.3 Å². The van der Waals surface area contributed by atoms with Crippen LogP contribution < -0.4 is 16.0 Å². The third kappa shape index (κ3) is 2.15. The van der Waals surface area contributed by atoms with Crippen LogP contribution in [-0.4, -0.2) is 18.5 Å². The van der Waals surface area contributed by atoms with Crippen LogP contribution in [-0.2, 0) is 4.79 Å². The van der Waals surface area contributed by atoms with Gasteiger partial charge in [-0.1, -0.05) is 0 Å². The number of nitrogens with two attached hydrogens (primary N) is 1. The van der Waals surface area contributed by atoms with E-state index in [1.807, 2.05) is 12.1 Å². The quantitative estimate of drug-likeness (QED) is 0.835. The molecular formula is C14H18BrN3O. The maximum absolute atomic E-state index is 11.6. The zero-order valence-corrected chi connectivity index (χ0v) is 12.5. The summed E-state index contributed by atoms with van der Waals surface area (Å²) in [5, 5.41) is 2.86. The van der Waals surface area contributed by atoms with Gasteiger partial charge in [-0.2, -0.15) is 0 Å². The van der Waals surface area contributed by atoms with E-state index in [2.05, 4.69) is 33.1 Å². The molecule has 1 aromatic rings. The highest BCUT2D eigenvalue weighted by Crippen LogP contribution is 2.39. The van der Waals surface area contributed by atoms with E-state index in [0.29, 0.717) is 6.04 Å². The Kier molecular flexibility index (Phi) is 3.27. The summed E-state index contributed by atoms with van der Waals surface area (Å²) in [7, 11) is 0. The lowest BCUT2D eigenvalue weighted by Gasteiger charge is -2.36. The second kappa shape index (κ2) is 4.80. The number of fused-ring (bicyclic) bond motifs is 1. The van der Waals surface area contributed by atoms with E-state index in [0.717, 1.165) is 28.0 Å². The van der Waals surface area contributed by atoms with E-state index in [1.165, 1.54) is 19.3 Å². The van der Waals surface area contributed by atoms with Gasteiger partial charge in [-0.15, -0.1) is 0 Å². The summed E-state index contributed by atoms with van der Waals surface area (Å²) in [5.74, 6) is -0.120. The second-order valence-corrected chi connectivity index (χ2v) is 6.25. The summed E-state index contributed by atoms with van der Waals surface area (Å²) in [5.41, 5.74) is 8.76. The van der Waals surface area contributed by atoms with Gasteiger partial charge in [-0.3, -0.25) is 4.79 Å². The van der Waals surface area contributed by atoms with Crippen molar-refractivity contribution < 1.29 is 4.79 Å². The van der Waals surface area contributed by atoms with Gasteiger partial charge in [-0.25, -0.2) is 0 Å². The molecule has 4 nitrogen and oxygen atoms in total. The minimum Gasteiger partial charge on any atom is -0.368 e. The third-order valence-electron chi connectivity index (χ3n) is 4.11. The maximum Gasteiger partial charge on any atom is 0.245 e. The number of hydrogen-bond donors (Lipinski definition) is 2. The lowest BCUT2D eigenvalue weighted by molar-refractivity contribution is -0.116. The Balaban J connectivity index is 2.00. The molecule has 2 atom stereocenters. The molecule has 0 aliphatic carbocycles. The van der Waals surface area contributed by atoms with Gasteiger partial charge in [-0.05, 0) is 54.2 Å². The normalized spacial score (nSPS) is 26.3. The van der Waals surface area contributed by atoms with Gasteiger partial charge in [0.2, 0.25) is 5.91 Å². The molecule has 3 rings (SSSR count). The molecule has 0 bridgehead atoms. The number of nitrogens with zero attached hydrogens (tertiary/aromatic N) is 1. The smallest absolute Gasteiger partial charge is 0.245 e. The van der Waals surface area contributed by atoms with E-state index < -0.39 is 6.04 Å². The highest BCUT2D eigenvalue weighted by Gasteiger charge is 2.30. The molecule has 1 fully saturated rings. The van der Waals surface area contributed by atoms with Crippen LogP contribution in [0.25, 0.3) is 0 Å². The molecule has 3 N–H and O–H groups in total. The Morgan fingerprint density at radius 2 is 2.21 bits per heavy atom. The second-order valence-electron chi connectivity index (χ2n) is 5.40. The number of halogens is 1. The van der Waals surface area contributed by atoms with Gasteiger partial charge in [0.1, 0.15) is 6.04 Å². The minimum absolute atomic E-state index is 0.120. The molecule has 0 aromatic heterocycles. The zero-order valence-electron chi connectivity index (χ0n) is 10.9. The lowest BCUT2D eigenvalue weighted by Crippen LogP contribution is -2.37. The van der Waals surface area contributed by atoms with Crippen molar-refractivity contribution in [1.29, 1.82) is 0 Å². The molecular weight excluding hydrogens is 306 g/mol. The monoisotopic (exact) mass is 323 g/mol. The Morgan fingerprint density at radius 1 is 1.42 bits per heavy atom. The Labute approximate surface area is 121 Å². The van der Waals surface area contributed by atoms with E-state index in [4.69, 9.17) is 5.73 Å². The molecule has 1 amide bonds. The van der Waals surface area contributed by atoms with Crippen molar-refractivity contribution in [3.8, 4) is 0 Å². The van der Waals surface area contributed by atoms with Crippen molar-refractivity contribution in [2.45, 2.75) is 38.3 Å². The number of anilines is 2. The number of piperidine rings is 1. The molecule has 5 heteroatoms. The summed E-state index contributed by atoms with van der Waals surface area (Å²) in [6.45, 7) is 3.32. The molecule has 0 saturated carbocycles. The van der Waals surface area contributed by atoms with Crippen LogP contribution in [0.15, 0.2) is 16.6 Å². The number of carbonyl (C=O) groups is 1. The van der Waals surface area contributed by atoms with Gasteiger partial charge in [0.15, 0.2) is 0 Å². The van der Waals surface area contributed by atoms with E-state index >= 15 is 0 Å². The first-order chi connectivity index (χ1) is 9.08. The van der Waals surface area contributed by atoms with Crippen LogP contribution in [0.5, 0.6) is 0 Å². The molecule has 2 unspecified atom stereocenters. The summed E-state index contributed by atoms with van der Waals surface area (Å²) in [6.07, 6.45) is 3.73. The largest absolute Gasteiger partial charge is 0.368 e. The van der Waals surface area contributed by atoms with Gasteiger partial charge in [0.25, 0.3) is 0 Å². The van der Waals surface area contributed by atoms with Crippen molar-refractivity contribution >= 4 is 33.2 Å². The minimum atomic E-state index is -0.542. The van der Waals surface area contributed by atoms with Gasteiger partial charge >= 0.3 is 0 Å². The Morgan fingerprint density at radius 3 is 2.95 bits per heavy atom. The maximum atomic E-state index is 11.6. The molecule has 102 valence electrons. The first-order valence-corrected chi connectivity index (χ1v) is 7.54. The average Bonchev–Trinajstić information content (AvgIpc) is 2.66. The highest BCUT2D eigenvalue weighted by atomic mass is 79.9. The predicted octanol–water partition coefficient (Wildman–Crippen LogP) is 2.78. The Hall–Kier alpha value is -1.07. The van der Waals surface area contributed by atoms with Crippen LogP contribution in [0.4, 0.5) is 11.4 Å². The molecule has 1 saturated heterocycles. The standard InChI is InChI=1S/C14H18BrN3O/c1-8-4-2-3-5-18(8)12-7-11-9(6-10(12)15)13(16)14(19)17-11/h6-8,13H,2-5,16H2,1H3,(H,17,19). The molecule has 19 heavy (non-hydrogen) atoms. The molecule has 1 aromatic carbocycles. The SMILES string of the molecule is CC1CCCCN1c1cc2c(cc1Br)C(N)C(=O)N2. The first kappa shape index (κ1) is 12.9. The lowest BCUT2D eigenvalue weighted by atomic mass is 10.0. The van der Waals surface area contributed by atoms with Crippen molar-refractivity contribution in [3.05, 3.63) is 22.2 Å². The number of nitrogens with one attached hydrogen (secondary N) is 1. The molecule has 2 heterocycles. The number of benzene rings is 1. The number of hydrogen-bond acceptors (Lipinski definition) is 3. The molecule has 0 spiro atoms. The van der Waals surface area contributed by atoms with Gasteiger partial charge in [0.05, 0.1) is 5.69 Å². The number of carbonyl (C=O) groups excluding carboxylic acids is 1. The summed E-state index contributed by atoms with van der Waals surface area (Å²) >= 11 is 3.62. The number of amides is 1. The average molecular weight is 324 g/mol. The van der Waals surface area contributed by atoms with E-state index in [1.54, 1.807) is 0 Å². The summed E-state index contributed by atoms with van der Waals surface area (Å²) < 4.78 is 1.02. The van der Waals surface area contributed by atoms with Crippen molar-refractivity contribution in [2.24, 2.45) is 5.73 Å². The zero-order chi connectivity index (χ0) is 13.6. The highest BCUT2D eigenvalue weighted by molar-refractivity contribution is 9.10. The fraction of sp³-hybridized carbons (Fsp3) is 0.500. The van der Waals surface area contributed by atoms with Gasteiger partial charge < -0.3 is 16.0 Å². The van der Waals surface area contributed by atoms with Crippen LogP contribution in [0.1, 0.15) is 37.8 Å². The van der Waals surface area contributed by atoms with Crippen LogP contribution in [0.3, 0.4) is 0 Å². The fourth-order valence-corrected chi connectivity index (χ4v) is 3.56. The van der Waals surface area contributed by atoms with Crippen LogP contribution in [0, 0.1) is 0 Å². The number of rotatable bonds is 1. The fourth-order valence-electron chi connectivity index (χ4n) is 2.97. The van der Waals surface area contributed by atoms with E-state index in [-0.39, 0.29) is 5.91 Å². The van der Waals surface area contributed by atoms with Crippen molar-refractivity contribution in [1.82, 2.24) is 0 Å². The van der Waals surface area contributed by atoms with Crippen molar-refractivity contribution in [2.75, 3.05) is 16.8 Å². The molecule has 2 aliphatic heterocycles. The Bertz CT molecular complexity index is 532. The van der Waals surface area contributed by atoms with E-state index in [9.17, 15) is 4.79 Å². The molecule has 0 radical (unpaired) electrons. The summed E-state index contributed by atoms with van der Waals surface area (Å²) in [4.78, 5) is 14.0. The topological polar surface area (TPSA) is 58.4 Å².